The number of H-pyrrole nitrogens is 1. The number of aromatic amines is 1. The largest absolute Gasteiger partial charge is 0.322 e. The zero-order valence-corrected chi connectivity index (χ0v) is 15.9. The number of rotatable bonds is 3. The number of hydrogen-bond acceptors (Lipinski definition) is 3. The lowest BCUT2D eigenvalue weighted by Crippen LogP contribution is -2.34. The van der Waals surface area contributed by atoms with Crippen LogP contribution in [0.15, 0.2) is 41.2 Å². The Morgan fingerprint density at radius 1 is 1.22 bits per heavy atom. The molecule has 0 fully saturated rings. The van der Waals surface area contributed by atoms with E-state index in [1.165, 1.54) is 23.1 Å². The van der Waals surface area contributed by atoms with Crippen molar-refractivity contribution in [3.05, 3.63) is 68.3 Å². The number of nitrogens with one attached hydrogen (secondary N) is 2. The first kappa shape index (κ1) is 19.1. The average Bonchev–Trinajstić information content (AvgIpc) is 2.64. The van der Waals surface area contributed by atoms with Crippen LogP contribution in [-0.4, -0.2) is 28.2 Å². The van der Waals surface area contributed by atoms with Gasteiger partial charge < -0.3 is 10.2 Å². The molecule has 140 valence electrons. The number of fused-ring (bicyclic) bond motifs is 1. The maximum atomic E-state index is 13.3. The van der Waals surface area contributed by atoms with E-state index in [-0.39, 0.29) is 10.6 Å². The van der Waals surface area contributed by atoms with Gasteiger partial charge in [-0.2, -0.15) is 5.10 Å². The van der Waals surface area contributed by atoms with Crippen LogP contribution in [0.4, 0.5) is 14.9 Å². The minimum Gasteiger partial charge on any atom is -0.319 e. The second-order valence-corrected chi connectivity index (χ2v) is 6.82. The van der Waals surface area contributed by atoms with E-state index in [0.717, 1.165) is 0 Å². The van der Waals surface area contributed by atoms with Crippen molar-refractivity contribution in [3.8, 4) is 0 Å². The summed E-state index contributed by atoms with van der Waals surface area (Å²) < 4.78 is 13.3. The van der Waals surface area contributed by atoms with Crippen LogP contribution in [0.1, 0.15) is 18.7 Å². The third-order valence-corrected chi connectivity index (χ3v) is 4.77. The van der Waals surface area contributed by atoms with Crippen molar-refractivity contribution < 1.29 is 9.18 Å². The fraction of sp³-hybridized carbons (Fsp3) is 0.167. The molecule has 0 spiro atoms. The molecule has 2 aromatic carbocycles. The minimum absolute atomic E-state index is 0.0892. The van der Waals surface area contributed by atoms with E-state index >= 15 is 0 Å². The molecular weight excluding hydrogens is 394 g/mol. The first-order valence-corrected chi connectivity index (χ1v) is 8.70. The molecule has 1 heterocycles. The number of carbonyl (C=O) groups is 1. The molecule has 0 unspecified atom stereocenters. The van der Waals surface area contributed by atoms with Crippen LogP contribution in [0.2, 0.25) is 10.0 Å². The van der Waals surface area contributed by atoms with Crippen molar-refractivity contribution in [2.24, 2.45) is 0 Å². The number of carbonyl (C=O) groups excluding carboxylic acids is 1. The smallest absolute Gasteiger partial charge is 0.319 e. The minimum atomic E-state index is -0.570. The lowest BCUT2D eigenvalue weighted by Gasteiger charge is -2.25. The number of urea groups is 1. The van der Waals surface area contributed by atoms with Gasteiger partial charge in [0.05, 0.1) is 22.1 Å². The highest BCUT2D eigenvalue weighted by Gasteiger charge is 2.22. The molecule has 2 amide bonds. The fourth-order valence-electron chi connectivity index (χ4n) is 2.62. The SMILES string of the molecule is C[C@@H](c1n[nH]c(=O)c2cc(Cl)ccc12)N(C)C(=O)Nc1ccc(F)c(Cl)c1. The summed E-state index contributed by atoms with van der Waals surface area (Å²) in [6.07, 6.45) is 0. The standard InChI is InChI=1S/C18H15Cl2FN4O2/c1-9(16-12-5-3-10(19)7-13(12)17(26)24-23-16)25(2)18(27)22-11-4-6-15(21)14(20)8-11/h3-9H,1-2H3,(H,22,27)(H,24,26)/t9-/m0/s1. The maximum Gasteiger partial charge on any atom is 0.322 e. The second kappa shape index (κ2) is 7.54. The fourth-order valence-corrected chi connectivity index (χ4v) is 2.98. The van der Waals surface area contributed by atoms with Gasteiger partial charge in [0.25, 0.3) is 5.56 Å². The van der Waals surface area contributed by atoms with Crippen molar-refractivity contribution in [3.63, 3.8) is 0 Å². The van der Waals surface area contributed by atoms with Crippen LogP contribution in [0.3, 0.4) is 0 Å². The van der Waals surface area contributed by atoms with Crippen molar-refractivity contribution in [2.45, 2.75) is 13.0 Å². The van der Waals surface area contributed by atoms with Gasteiger partial charge in [0, 0.05) is 23.1 Å². The van der Waals surface area contributed by atoms with E-state index in [1.54, 1.807) is 32.2 Å². The monoisotopic (exact) mass is 408 g/mol. The summed E-state index contributed by atoms with van der Waals surface area (Å²) in [4.78, 5) is 25.9. The van der Waals surface area contributed by atoms with Crippen LogP contribution in [0, 0.1) is 5.82 Å². The number of nitrogens with zero attached hydrogens (tertiary/aromatic N) is 2. The number of hydrogen-bond donors (Lipinski definition) is 2. The molecule has 1 aromatic heterocycles. The summed E-state index contributed by atoms with van der Waals surface area (Å²) >= 11 is 11.7. The van der Waals surface area contributed by atoms with Gasteiger partial charge in [0.1, 0.15) is 5.82 Å². The Morgan fingerprint density at radius 3 is 2.67 bits per heavy atom. The molecule has 0 saturated heterocycles. The molecule has 3 aromatic rings. The lowest BCUT2D eigenvalue weighted by atomic mass is 10.1. The Hall–Kier alpha value is -2.64. The molecule has 6 nitrogen and oxygen atoms in total. The zero-order valence-electron chi connectivity index (χ0n) is 14.4. The molecule has 0 aliphatic heterocycles. The van der Waals surface area contributed by atoms with E-state index in [1.807, 2.05) is 0 Å². The van der Waals surface area contributed by atoms with Gasteiger partial charge in [-0.25, -0.2) is 14.3 Å². The Morgan fingerprint density at radius 2 is 1.96 bits per heavy atom. The van der Waals surface area contributed by atoms with Crippen LogP contribution >= 0.6 is 23.2 Å². The highest BCUT2D eigenvalue weighted by molar-refractivity contribution is 6.31. The van der Waals surface area contributed by atoms with E-state index in [4.69, 9.17) is 23.2 Å². The van der Waals surface area contributed by atoms with E-state index in [9.17, 15) is 14.0 Å². The quantitative estimate of drug-likeness (QED) is 0.664. The summed E-state index contributed by atoms with van der Waals surface area (Å²) in [5, 5.41) is 10.5. The lowest BCUT2D eigenvalue weighted by molar-refractivity contribution is 0.207. The number of aromatic nitrogens is 2. The molecule has 0 saturated carbocycles. The Balaban J connectivity index is 1.88. The summed E-state index contributed by atoms with van der Waals surface area (Å²) in [6.45, 7) is 1.77. The van der Waals surface area contributed by atoms with Gasteiger partial charge in [0.15, 0.2) is 0 Å². The molecule has 0 aliphatic carbocycles. The number of halogens is 3. The molecule has 9 heteroatoms. The van der Waals surface area contributed by atoms with Gasteiger partial charge in [0.2, 0.25) is 0 Å². The maximum absolute atomic E-state index is 13.3. The number of anilines is 1. The van der Waals surface area contributed by atoms with Gasteiger partial charge in [-0.1, -0.05) is 29.3 Å². The summed E-state index contributed by atoms with van der Waals surface area (Å²) in [6, 6.07) is 7.88. The van der Waals surface area contributed by atoms with Gasteiger partial charge in [-0.3, -0.25) is 4.79 Å². The van der Waals surface area contributed by atoms with Crippen LogP contribution in [-0.2, 0) is 0 Å². The van der Waals surface area contributed by atoms with Crippen molar-refractivity contribution in [2.75, 3.05) is 12.4 Å². The second-order valence-electron chi connectivity index (χ2n) is 5.97. The first-order chi connectivity index (χ1) is 12.8. The highest BCUT2D eigenvalue weighted by atomic mass is 35.5. The van der Waals surface area contributed by atoms with Crippen LogP contribution < -0.4 is 10.9 Å². The average molecular weight is 409 g/mol. The van der Waals surface area contributed by atoms with Crippen LogP contribution in [0.5, 0.6) is 0 Å². The Kier molecular flexibility index (Phi) is 5.34. The Labute approximate surface area is 163 Å². The van der Waals surface area contributed by atoms with Gasteiger partial charge >= 0.3 is 6.03 Å². The Bertz CT molecular complexity index is 1090. The van der Waals surface area contributed by atoms with Crippen molar-refractivity contribution >= 4 is 45.7 Å². The molecule has 3 rings (SSSR count). The number of amides is 2. The highest BCUT2D eigenvalue weighted by Crippen LogP contribution is 2.26. The zero-order chi connectivity index (χ0) is 19.7. The molecule has 0 radical (unpaired) electrons. The molecule has 1 atom stereocenters. The van der Waals surface area contributed by atoms with E-state index < -0.39 is 17.9 Å². The molecule has 0 bridgehead atoms. The van der Waals surface area contributed by atoms with E-state index in [2.05, 4.69) is 15.5 Å². The summed E-state index contributed by atoms with van der Waals surface area (Å²) in [7, 11) is 1.58. The van der Waals surface area contributed by atoms with Gasteiger partial charge in [-0.05, 0) is 37.3 Å². The summed E-state index contributed by atoms with van der Waals surface area (Å²) in [5.74, 6) is -0.570. The van der Waals surface area contributed by atoms with Gasteiger partial charge in [-0.15, -0.1) is 0 Å². The third-order valence-electron chi connectivity index (χ3n) is 4.25. The topological polar surface area (TPSA) is 78.1 Å². The summed E-state index contributed by atoms with van der Waals surface area (Å²) in [5.41, 5.74) is 0.504. The molecule has 2 N–H and O–H groups in total. The first-order valence-electron chi connectivity index (χ1n) is 7.94. The third kappa shape index (κ3) is 3.89. The van der Waals surface area contributed by atoms with Crippen molar-refractivity contribution in [1.29, 1.82) is 0 Å². The molecular formula is C18H15Cl2FN4O2. The molecule has 0 aliphatic rings. The predicted octanol–water partition coefficient (Wildman–Crippen LogP) is 4.59. The normalized spacial score (nSPS) is 12.0. The predicted molar refractivity (Wildman–Crippen MR) is 104 cm³/mol. The molecule has 27 heavy (non-hydrogen) atoms. The van der Waals surface area contributed by atoms with Crippen molar-refractivity contribution in [1.82, 2.24) is 15.1 Å². The van der Waals surface area contributed by atoms with Crippen LogP contribution in [0.25, 0.3) is 10.8 Å². The van der Waals surface area contributed by atoms with E-state index in [0.29, 0.717) is 27.2 Å². The number of benzene rings is 2.